The van der Waals surface area contributed by atoms with Gasteiger partial charge >= 0.3 is 17.8 Å². The van der Waals surface area contributed by atoms with Gasteiger partial charge in [0.2, 0.25) is 0 Å². The summed E-state index contributed by atoms with van der Waals surface area (Å²) < 4.78 is 44.4. The van der Waals surface area contributed by atoms with Crippen molar-refractivity contribution in [3.05, 3.63) is 29.6 Å². The maximum absolute atomic E-state index is 13.5. The predicted molar refractivity (Wildman–Crippen MR) is 80.9 cm³/mol. The number of hydrogen-bond acceptors (Lipinski definition) is 4. The first-order valence-electron chi connectivity index (χ1n) is 7.75. The normalized spacial score (nSPS) is 15.0. The third-order valence-electron chi connectivity index (χ3n) is 3.88. The minimum Gasteiger partial charge on any atom is -0.466 e. The molecule has 2 rings (SSSR count). The van der Waals surface area contributed by atoms with Gasteiger partial charge in [0.05, 0.1) is 18.2 Å². The van der Waals surface area contributed by atoms with Crippen molar-refractivity contribution in [1.29, 1.82) is 0 Å². The summed E-state index contributed by atoms with van der Waals surface area (Å²) in [6, 6.07) is 1.47. The van der Waals surface area contributed by atoms with Crippen molar-refractivity contribution in [2.24, 2.45) is 5.92 Å². The Bertz CT molecular complexity index is 688. The highest BCUT2D eigenvalue weighted by molar-refractivity contribution is 6.39. The average Bonchev–Trinajstić information content (AvgIpc) is 2.61. The molecule has 1 aliphatic heterocycles. The number of benzene rings is 1. The third-order valence-corrected chi connectivity index (χ3v) is 3.88. The minimum absolute atomic E-state index is 0.163. The van der Waals surface area contributed by atoms with Gasteiger partial charge < -0.3 is 15.0 Å². The quantitative estimate of drug-likeness (QED) is 0.508. The fraction of sp³-hybridized carbons (Fsp3) is 0.438. The maximum Gasteiger partial charge on any atom is 0.313 e. The summed E-state index contributed by atoms with van der Waals surface area (Å²) in [5.41, 5.74) is -0.626. The van der Waals surface area contributed by atoms with E-state index in [-0.39, 0.29) is 31.6 Å². The zero-order valence-electron chi connectivity index (χ0n) is 13.5. The molecule has 2 amide bonds. The zero-order chi connectivity index (χ0) is 18.6. The van der Waals surface area contributed by atoms with Crippen LogP contribution in [0.3, 0.4) is 0 Å². The van der Waals surface area contributed by atoms with Gasteiger partial charge in [0, 0.05) is 13.1 Å². The molecular weight excluding hydrogens is 341 g/mol. The van der Waals surface area contributed by atoms with Crippen LogP contribution in [0.2, 0.25) is 0 Å². The van der Waals surface area contributed by atoms with Crippen molar-refractivity contribution in [2.45, 2.75) is 19.8 Å². The van der Waals surface area contributed by atoms with Crippen molar-refractivity contribution >= 4 is 23.5 Å². The monoisotopic (exact) mass is 358 g/mol. The van der Waals surface area contributed by atoms with Crippen LogP contribution in [0, 0.1) is 23.4 Å². The number of halogens is 3. The van der Waals surface area contributed by atoms with E-state index in [4.69, 9.17) is 4.74 Å². The molecule has 1 fully saturated rings. The molecule has 0 bridgehead atoms. The lowest BCUT2D eigenvalue weighted by atomic mass is 9.97. The number of esters is 1. The van der Waals surface area contributed by atoms with Crippen molar-refractivity contribution in [2.75, 3.05) is 25.0 Å². The summed E-state index contributed by atoms with van der Waals surface area (Å²) >= 11 is 0. The molecular formula is C16H17F3N2O4. The molecule has 0 aromatic heterocycles. The Morgan fingerprint density at radius 3 is 2.40 bits per heavy atom. The standard InChI is InChI=1S/C16H17F3N2O4/c1-2-25-16(24)9-5-7-21(8-6-9)15(23)14(22)20-11-4-3-10(17)12(18)13(11)19/h3-4,9H,2,5-8H2,1H3,(H,20,22). The molecule has 6 nitrogen and oxygen atoms in total. The van der Waals surface area contributed by atoms with Crippen molar-refractivity contribution in [3.63, 3.8) is 0 Å². The van der Waals surface area contributed by atoms with E-state index in [0.29, 0.717) is 18.9 Å². The third kappa shape index (κ3) is 4.28. The fourth-order valence-electron chi connectivity index (χ4n) is 2.52. The Balaban J connectivity index is 1.94. The highest BCUT2D eigenvalue weighted by Crippen LogP contribution is 2.21. The van der Waals surface area contributed by atoms with E-state index in [0.717, 1.165) is 6.07 Å². The Morgan fingerprint density at radius 1 is 1.16 bits per heavy atom. The van der Waals surface area contributed by atoms with Gasteiger partial charge in [0.1, 0.15) is 0 Å². The summed E-state index contributed by atoms with van der Waals surface area (Å²) in [6.45, 7) is 2.28. The summed E-state index contributed by atoms with van der Waals surface area (Å²) in [6.07, 6.45) is 0.689. The van der Waals surface area contributed by atoms with Crippen molar-refractivity contribution in [3.8, 4) is 0 Å². The van der Waals surface area contributed by atoms with Crippen LogP contribution in [0.4, 0.5) is 18.9 Å². The van der Waals surface area contributed by atoms with Crippen LogP contribution in [-0.4, -0.2) is 42.4 Å². The van der Waals surface area contributed by atoms with E-state index in [1.807, 2.05) is 5.32 Å². The number of nitrogens with zero attached hydrogens (tertiary/aromatic N) is 1. The molecule has 0 radical (unpaired) electrons. The molecule has 1 saturated heterocycles. The summed E-state index contributed by atoms with van der Waals surface area (Å²) in [5, 5.41) is 1.93. The number of ether oxygens (including phenoxy) is 1. The first-order valence-corrected chi connectivity index (χ1v) is 7.75. The lowest BCUT2D eigenvalue weighted by Gasteiger charge is -2.30. The topological polar surface area (TPSA) is 75.7 Å². The highest BCUT2D eigenvalue weighted by atomic mass is 19.2. The number of carbonyl (C=O) groups excluding carboxylic acids is 3. The van der Waals surface area contributed by atoms with Gasteiger partial charge in [-0.25, -0.2) is 13.2 Å². The van der Waals surface area contributed by atoms with Gasteiger partial charge in [-0.2, -0.15) is 0 Å². The SMILES string of the molecule is CCOC(=O)C1CCN(C(=O)C(=O)Nc2ccc(F)c(F)c2F)CC1. The minimum atomic E-state index is -1.74. The van der Waals surface area contributed by atoms with E-state index in [2.05, 4.69) is 0 Å². The number of rotatable bonds is 3. The van der Waals surface area contributed by atoms with Crippen LogP contribution < -0.4 is 5.32 Å². The first-order chi connectivity index (χ1) is 11.8. The number of nitrogens with one attached hydrogen (secondary N) is 1. The van der Waals surface area contributed by atoms with Gasteiger partial charge in [-0.1, -0.05) is 0 Å². The van der Waals surface area contributed by atoms with E-state index < -0.39 is 35.0 Å². The van der Waals surface area contributed by atoms with Gasteiger partial charge in [-0.05, 0) is 31.9 Å². The summed E-state index contributed by atoms with van der Waals surface area (Å²) in [4.78, 5) is 36.8. The number of carbonyl (C=O) groups is 3. The van der Waals surface area contributed by atoms with E-state index in [1.165, 1.54) is 4.90 Å². The van der Waals surface area contributed by atoms with Crippen LogP contribution in [0.1, 0.15) is 19.8 Å². The van der Waals surface area contributed by atoms with Crippen molar-refractivity contribution < 1.29 is 32.3 Å². The molecule has 1 N–H and O–H groups in total. The molecule has 0 spiro atoms. The Labute approximate surface area is 141 Å². The summed E-state index contributed by atoms with van der Waals surface area (Å²) in [5.74, 6) is -7.50. The molecule has 1 heterocycles. The predicted octanol–water partition coefficient (Wildman–Crippen LogP) is 1.84. The second-order valence-electron chi connectivity index (χ2n) is 5.50. The molecule has 0 atom stereocenters. The Kier molecular flexibility index (Phi) is 6.00. The van der Waals surface area contributed by atoms with Crippen LogP contribution in [-0.2, 0) is 19.1 Å². The second kappa shape index (κ2) is 8.00. The largest absolute Gasteiger partial charge is 0.466 e. The summed E-state index contributed by atoms with van der Waals surface area (Å²) in [7, 11) is 0. The number of likely N-dealkylation sites (tertiary alicyclic amines) is 1. The zero-order valence-corrected chi connectivity index (χ0v) is 13.5. The Hall–Kier alpha value is -2.58. The molecule has 0 unspecified atom stereocenters. The smallest absolute Gasteiger partial charge is 0.313 e. The van der Waals surface area contributed by atoms with Crippen LogP contribution in [0.5, 0.6) is 0 Å². The van der Waals surface area contributed by atoms with Crippen LogP contribution in [0.15, 0.2) is 12.1 Å². The van der Waals surface area contributed by atoms with Crippen LogP contribution in [0.25, 0.3) is 0 Å². The number of piperidine rings is 1. The lowest BCUT2D eigenvalue weighted by Crippen LogP contribution is -2.45. The highest BCUT2D eigenvalue weighted by Gasteiger charge is 2.31. The van der Waals surface area contributed by atoms with Crippen LogP contribution >= 0.6 is 0 Å². The molecule has 136 valence electrons. The van der Waals surface area contributed by atoms with Gasteiger partial charge in [-0.3, -0.25) is 14.4 Å². The van der Waals surface area contributed by atoms with Gasteiger partial charge in [0.15, 0.2) is 17.5 Å². The van der Waals surface area contributed by atoms with E-state index in [9.17, 15) is 27.6 Å². The molecule has 25 heavy (non-hydrogen) atoms. The molecule has 1 aromatic carbocycles. The molecule has 1 aliphatic rings. The maximum atomic E-state index is 13.5. The average molecular weight is 358 g/mol. The molecule has 0 saturated carbocycles. The second-order valence-corrected chi connectivity index (χ2v) is 5.50. The van der Waals surface area contributed by atoms with Gasteiger partial charge in [0.25, 0.3) is 0 Å². The Morgan fingerprint density at radius 2 is 1.80 bits per heavy atom. The lowest BCUT2D eigenvalue weighted by molar-refractivity contribution is -0.152. The van der Waals surface area contributed by atoms with E-state index in [1.54, 1.807) is 6.92 Å². The van der Waals surface area contributed by atoms with Gasteiger partial charge in [-0.15, -0.1) is 0 Å². The molecule has 0 aliphatic carbocycles. The van der Waals surface area contributed by atoms with E-state index >= 15 is 0 Å². The molecule has 9 heteroatoms. The number of amides is 2. The number of hydrogen-bond donors (Lipinski definition) is 1. The molecule has 1 aromatic rings. The number of anilines is 1. The fourth-order valence-corrected chi connectivity index (χ4v) is 2.52. The first kappa shape index (κ1) is 18.8. The van der Waals surface area contributed by atoms with Crippen molar-refractivity contribution in [1.82, 2.24) is 4.90 Å².